The molecule has 0 amide bonds. The van der Waals surface area contributed by atoms with Crippen molar-refractivity contribution in [2.75, 3.05) is 11.9 Å². The van der Waals surface area contributed by atoms with Crippen molar-refractivity contribution in [3.63, 3.8) is 0 Å². The maximum Gasteiger partial charge on any atom is 0.0531 e. The lowest BCUT2D eigenvalue weighted by atomic mass is 10.1. The number of aryl methyl sites for hydroxylation is 1. The third-order valence-corrected chi connectivity index (χ3v) is 2.89. The third-order valence-electron chi connectivity index (χ3n) is 2.23. The van der Waals surface area contributed by atoms with Gasteiger partial charge in [0.05, 0.1) is 5.38 Å². The second-order valence-corrected chi connectivity index (χ2v) is 4.39. The van der Waals surface area contributed by atoms with E-state index in [2.05, 4.69) is 24.1 Å². The monoisotopic (exact) mass is 212 g/mol. The van der Waals surface area contributed by atoms with E-state index >= 15 is 0 Å². The van der Waals surface area contributed by atoms with Gasteiger partial charge in [0.25, 0.3) is 0 Å². The normalized spacial score (nSPS) is 12.9. The molecule has 0 bridgehead atoms. The average molecular weight is 213 g/mol. The van der Waals surface area contributed by atoms with Crippen molar-refractivity contribution in [2.24, 2.45) is 5.92 Å². The fourth-order valence-electron chi connectivity index (χ4n) is 1.11. The number of nitrogens with zero attached hydrogens (tertiary/aromatic N) is 1. The molecule has 0 aliphatic rings. The fraction of sp³-hybridized carbons (Fsp3) is 0.545. The molecule has 0 spiro atoms. The molecule has 78 valence electrons. The van der Waals surface area contributed by atoms with E-state index in [0.29, 0.717) is 5.92 Å². The number of alkyl halides is 1. The third kappa shape index (κ3) is 3.18. The zero-order valence-electron chi connectivity index (χ0n) is 8.92. The van der Waals surface area contributed by atoms with E-state index in [-0.39, 0.29) is 5.38 Å². The molecule has 0 aliphatic heterocycles. The maximum atomic E-state index is 6.14. The van der Waals surface area contributed by atoms with E-state index in [0.717, 1.165) is 17.8 Å². The quantitative estimate of drug-likeness (QED) is 0.776. The van der Waals surface area contributed by atoms with Crippen molar-refractivity contribution in [3.05, 3.63) is 24.0 Å². The number of halogens is 1. The molecule has 0 fully saturated rings. The largest absolute Gasteiger partial charge is 0.383 e. The zero-order chi connectivity index (χ0) is 10.6. The highest BCUT2D eigenvalue weighted by Gasteiger charge is 2.09. The van der Waals surface area contributed by atoms with Gasteiger partial charge >= 0.3 is 0 Å². The lowest BCUT2D eigenvalue weighted by Crippen LogP contribution is -2.19. The summed E-state index contributed by atoms with van der Waals surface area (Å²) >= 11 is 6.14. The smallest absolute Gasteiger partial charge is 0.0531 e. The lowest BCUT2D eigenvalue weighted by molar-refractivity contribution is 0.616. The summed E-state index contributed by atoms with van der Waals surface area (Å²) in [6.07, 6.45) is 3.63. The summed E-state index contributed by atoms with van der Waals surface area (Å²) in [6, 6.07) is 1.97. The van der Waals surface area contributed by atoms with Gasteiger partial charge in [-0.15, -0.1) is 11.6 Å². The van der Waals surface area contributed by atoms with Crippen molar-refractivity contribution in [1.29, 1.82) is 0 Å². The highest BCUT2D eigenvalue weighted by atomic mass is 35.5. The van der Waals surface area contributed by atoms with Gasteiger partial charge in [-0.05, 0) is 24.5 Å². The summed E-state index contributed by atoms with van der Waals surface area (Å²) in [6.45, 7) is 7.08. The van der Waals surface area contributed by atoms with E-state index in [9.17, 15) is 0 Å². The van der Waals surface area contributed by atoms with Crippen molar-refractivity contribution in [3.8, 4) is 0 Å². The molecule has 1 aromatic rings. The summed E-state index contributed by atoms with van der Waals surface area (Å²) in [7, 11) is 0. The molecule has 1 rings (SSSR count). The number of rotatable bonds is 4. The molecule has 1 heterocycles. The maximum absolute atomic E-state index is 6.14. The number of nitrogens with one attached hydrogen (secondary N) is 1. The van der Waals surface area contributed by atoms with E-state index in [4.69, 9.17) is 11.6 Å². The van der Waals surface area contributed by atoms with Crippen LogP contribution in [-0.4, -0.2) is 16.9 Å². The Balaban J connectivity index is 2.50. The van der Waals surface area contributed by atoms with E-state index in [1.807, 2.05) is 19.2 Å². The first kappa shape index (κ1) is 11.3. The van der Waals surface area contributed by atoms with E-state index in [1.165, 1.54) is 0 Å². The van der Waals surface area contributed by atoms with Crippen LogP contribution in [0.3, 0.4) is 0 Å². The van der Waals surface area contributed by atoms with Gasteiger partial charge in [0, 0.05) is 24.6 Å². The van der Waals surface area contributed by atoms with Crippen LogP contribution in [0.15, 0.2) is 18.5 Å². The van der Waals surface area contributed by atoms with Crippen LogP contribution in [0.5, 0.6) is 0 Å². The molecule has 0 radical (unpaired) electrons. The molecule has 0 aromatic carbocycles. The Labute approximate surface area is 90.7 Å². The molecule has 1 atom stereocenters. The fourth-order valence-corrected chi connectivity index (χ4v) is 1.19. The minimum absolute atomic E-state index is 0.169. The summed E-state index contributed by atoms with van der Waals surface area (Å²) in [5.41, 5.74) is 2.27. The highest BCUT2D eigenvalue weighted by Crippen LogP contribution is 2.14. The lowest BCUT2D eigenvalue weighted by Gasteiger charge is -2.15. The number of hydrogen-bond donors (Lipinski definition) is 1. The topological polar surface area (TPSA) is 24.9 Å². The first-order valence-electron chi connectivity index (χ1n) is 4.90. The predicted molar refractivity (Wildman–Crippen MR) is 61.9 cm³/mol. The second-order valence-electron chi connectivity index (χ2n) is 3.83. The number of pyridine rings is 1. The molecular formula is C11H17ClN2. The van der Waals surface area contributed by atoms with Gasteiger partial charge < -0.3 is 5.32 Å². The molecule has 1 unspecified atom stereocenters. The van der Waals surface area contributed by atoms with Crippen LogP contribution in [-0.2, 0) is 0 Å². The summed E-state index contributed by atoms with van der Waals surface area (Å²) in [5.74, 6) is 0.492. The van der Waals surface area contributed by atoms with Gasteiger partial charge in [-0.1, -0.05) is 13.8 Å². The van der Waals surface area contributed by atoms with Gasteiger partial charge in [0.2, 0.25) is 0 Å². The minimum Gasteiger partial charge on any atom is -0.383 e. The Bertz CT molecular complexity index is 286. The van der Waals surface area contributed by atoms with Crippen LogP contribution >= 0.6 is 11.6 Å². The van der Waals surface area contributed by atoms with Gasteiger partial charge in [0.15, 0.2) is 0 Å². The second kappa shape index (κ2) is 5.20. The van der Waals surface area contributed by atoms with Gasteiger partial charge in [-0.3, -0.25) is 4.98 Å². The standard InChI is InChI=1S/C11H17ClN2/c1-8(2)10(12)7-14-11-4-5-13-6-9(11)3/h4-6,8,10H,7H2,1-3H3,(H,13,14). The van der Waals surface area contributed by atoms with Crippen LogP contribution in [0.2, 0.25) is 0 Å². The molecule has 1 N–H and O–H groups in total. The van der Waals surface area contributed by atoms with Crippen LogP contribution in [0.25, 0.3) is 0 Å². The summed E-state index contributed by atoms with van der Waals surface area (Å²) in [4.78, 5) is 4.03. The molecule has 14 heavy (non-hydrogen) atoms. The Kier molecular flexibility index (Phi) is 4.21. The van der Waals surface area contributed by atoms with Gasteiger partial charge in [0.1, 0.15) is 0 Å². The van der Waals surface area contributed by atoms with Crippen molar-refractivity contribution in [1.82, 2.24) is 4.98 Å². The summed E-state index contributed by atoms with van der Waals surface area (Å²) < 4.78 is 0. The highest BCUT2D eigenvalue weighted by molar-refractivity contribution is 6.21. The van der Waals surface area contributed by atoms with Crippen LogP contribution < -0.4 is 5.32 Å². The number of anilines is 1. The Morgan fingerprint density at radius 3 is 2.79 bits per heavy atom. The molecule has 0 saturated carbocycles. The van der Waals surface area contributed by atoms with E-state index in [1.54, 1.807) is 6.20 Å². The SMILES string of the molecule is Cc1cnccc1NCC(Cl)C(C)C. The first-order chi connectivity index (χ1) is 6.61. The van der Waals surface area contributed by atoms with Crippen LogP contribution in [0, 0.1) is 12.8 Å². The van der Waals surface area contributed by atoms with Gasteiger partial charge in [-0.2, -0.15) is 0 Å². The van der Waals surface area contributed by atoms with Crippen molar-refractivity contribution in [2.45, 2.75) is 26.1 Å². The molecule has 0 aliphatic carbocycles. The van der Waals surface area contributed by atoms with Gasteiger partial charge in [-0.25, -0.2) is 0 Å². The number of aromatic nitrogens is 1. The van der Waals surface area contributed by atoms with E-state index < -0.39 is 0 Å². The van der Waals surface area contributed by atoms with Crippen molar-refractivity contribution >= 4 is 17.3 Å². The summed E-state index contributed by atoms with van der Waals surface area (Å²) in [5, 5.41) is 3.49. The molecule has 1 aromatic heterocycles. The molecule has 2 nitrogen and oxygen atoms in total. The Morgan fingerprint density at radius 1 is 1.50 bits per heavy atom. The zero-order valence-corrected chi connectivity index (χ0v) is 9.67. The van der Waals surface area contributed by atoms with Crippen molar-refractivity contribution < 1.29 is 0 Å². The minimum atomic E-state index is 0.169. The Hall–Kier alpha value is -0.760. The Morgan fingerprint density at radius 2 is 2.21 bits per heavy atom. The molecule has 3 heteroatoms. The first-order valence-corrected chi connectivity index (χ1v) is 5.33. The van der Waals surface area contributed by atoms with Crippen LogP contribution in [0.1, 0.15) is 19.4 Å². The molecule has 0 saturated heterocycles. The number of hydrogen-bond acceptors (Lipinski definition) is 2. The van der Waals surface area contributed by atoms with Crippen LogP contribution in [0.4, 0.5) is 5.69 Å². The molecular weight excluding hydrogens is 196 g/mol. The predicted octanol–water partition coefficient (Wildman–Crippen LogP) is 3.07. The average Bonchev–Trinajstić information content (AvgIpc) is 2.16.